The number of methoxy groups -OCH3 is 1. The first-order chi connectivity index (χ1) is 13.8. The Kier molecular flexibility index (Phi) is 6.37. The third-order valence-corrected chi connectivity index (χ3v) is 5.16. The molecule has 1 aliphatic carbocycles. The lowest BCUT2D eigenvalue weighted by atomic mass is 9.98. The minimum Gasteiger partial charge on any atom is -0.508 e. The Morgan fingerprint density at radius 1 is 1.28 bits per heavy atom. The smallest absolute Gasteiger partial charge is 0.304 e. The predicted octanol–water partition coefficient (Wildman–Crippen LogP) is 4.26. The first-order valence-electron chi connectivity index (χ1n) is 9.47. The molecule has 0 saturated heterocycles. The molecule has 0 radical (unpaired) electrons. The molecule has 0 bridgehead atoms. The van der Waals surface area contributed by atoms with E-state index in [1.807, 2.05) is 6.07 Å². The van der Waals surface area contributed by atoms with Gasteiger partial charge in [0.25, 0.3) is 5.92 Å². The normalized spacial score (nSPS) is 17.0. The molecule has 1 aliphatic heterocycles. The van der Waals surface area contributed by atoms with Crippen molar-refractivity contribution in [2.45, 2.75) is 37.5 Å². The number of ether oxygens (including phenoxy) is 2. The quantitative estimate of drug-likeness (QED) is 0.776. The Balaban J connectivity index is 0.000000166. The summed E-state index contributed by atoms with van der Waals surface area (Å²) in [6, 6.07) is 9.94. The number of hydrogen-bond acceptors (Lipinski definition) is 4. The van der Waals surface area contributed by atoms with E-state index in [-0.39, 0.29) is 23.7 Å². The summed E-state index contributed by atoms with van der Waals surface area (Å²) in [7, 11) is 1.30. The van der Waals surface area contributed by atoms with E-state index in [2.05, 4.69) is 4.74 Å². The van der Waals surface area contributed by atoms with Crippen LogP contribution in [-0.4, -0.2) is 36.5 Å². The van der Waals surface area contributed by atoms with E-state index >= 15 is 0 Å². The minimum atomic E-state index is -2.86. The number of carbonyl (C=O) groups is 1. The van der Waals surface area contributed by atoms with Crippen LogP contribution in [0.25, 0.3) is 0 Å². The van der Waals surface area contributed by atoms with Crippen molar-refractivity contribution in [3.8, 4) is 11.5 Å². The second-order valence-electron chi connectivity index (χ2n) is 7.26. The molecule has 0 saturated carbocycles. The molecule has 0 aromatic heterocycles. The van der Waals surface area contributed by atoms with Gasteiger partial charge in [0.05, 0.1) is 13.0 Å². The van der Waals surface area contributed by atoms with E-state index in [9.17, 15) is 13.6 Å². The highest BCUT2D eigenvalue weighted by atomic mass is 19.3. The number of phenolic OH excluding ortho intramolecular Hbond substituents is 1. The topological polar surface area (TPSA) is 76.0 Å². The van der Waals surface area contributed by atoms with Crippen molar-refractivity contribution in [2.75, 3.05) is 20.3 Å². The Bertz CT molecular complexity index is 882. The Morgan fingerprint density at radius 2 is 2.07 bits per heavy atom. The minimum absolute atomic E-state index is 0.0672. The van der Waals surface area contributed by atoms with Gasteiger partial charge in [-0.25, -0.2) is 0 Å². The lowest BCUT2D eigenvalue weighted by Crippen LogP contribution is -2.22. The molecule has 7 heteroatoms. The predicted molar refractivity (Wildman–Crippen MR) is 103 cm³/mol. The molecule has 5 nitrogen and oxygen atoms in total. The summed E-state index contributed by atoms with van der Waals surface area (Å²) < 4.78 is 37.2. The fourth-order valence-electron chi connectivity index (χ4n) is 3.87. The number of aromatic hydroxyl groups is 1. The number of aliphatic carboxylic acids is 1. The maximum atomic E-state index is 13.7. The summed E-state index contributed by atoms with van der Waals surface area (Å²) in [6.45, 7) is -0.158. The van der Waals surface area contributed by atoms with Crippen LogP contribution in [0.4, 0.5) is 8.78 Å². The molecule has 2 N–H and O–H groups in total. The van der Waals surface area contributed by atoms with Crippen LogP contribution in [-0.2, 0) is 28.3 Å². The molecule has 2 aromatic carbocycles. The molecule has 0 spiro atoms. The third-order valence-electron chi connectivity index (χ3n) is 5.16. The first kappa shape index (κ1) is 21.0. The van der Waals surface area contributed by atoms with Crippen molar-refractivity contribution < 1.29 is 33.3 Å². The SMILES string of the molecule is COCC(F)(F)c1cccc2c1CCC2.O=C(O)CC1COc2cc(O)ccc21. The summed E-state index contributed by atoms with van der Waals surface area (Å²) >= 11 is 0. The van der Waals surface area contributed by atoms with Crippen molar-refractivity contribution in [1.82, 2.24) is 0 Å². The summed E-state index contributed by atoms with van der Waals surface area (Å²) in [6.07, 6.45) is 2.74. The number of rotatable bonds is 5. The van der Waals surface area contributed by atoms with Crippen LogP contribution >= 0.6 is 0 Å². The Hall–Kier alpha value is -2.67. The van der Waals surface area contributed by atoms with E-state index < -0.39 is 18.5 Å². The van der Waals surface area contributed by atoms with Crippen molar-refractivity contribution in [3.05, 3.63) is 58.7 Å². The van der Waals surface area contributed by atoms with Gasteiger partial charge in [-0.2, -0.15) is 8.78 Å². The maximum absolute atomic E-state index is 13.7. The maximum Gasteiger partial charge on any atom is 0.304 e. The highest BCUT2D eigenvalue weighted by Crippen LogP contribution is 2.38. The number of fused-ring (bicyclic) bond motifs is 2. The first-order valence-corrected chi connectivity index (χ1v) is 9.47. The fraction of sp³-hybridized carbons (Fsp3) is 0.409. The van der Waals surface area contributed by atoms with Crippen LogP contribution in [0, 0.1) is 0 Å². The van der Waals surface area contributed by atoms with Gasteiger partial charge in [-0.15, -0.1) is 0 Å². The van der Waals surface area contributed by atoms with Gasteiger partial charge in [0.1, 0.15) is 18.1 Å². The average molecular weight is 406 g/mol. The van der Waals surface area contributed by atoms with Crippen LogP contribution in [0.3, 0.4) is 0 Å². The second-order valence-corrected chi connectivity index (χ2v) is 7.26. The fourth-order valence-corrected chi connectivity index (χ4v) is 3.87. The van der Waals surface area contributed by atoms with Crippen molar-refractivity contribution in [1.29, 1.82) is 0 Å². The zero-order chi connectivity index (χ0) is 21.0. The lowest BCUT2D eigenvalue weighted by Gasteiger charge is -2.18. The highest BCUT2D eigenvalue weighted by Gasteiger charge is 2.35. The number of carboxylic acid groups (broad SMARTS) is 1. The van der Waals surface area contributed by atoms with Gasteiger partial charge in [-0.05, 0) is 36.5 Å². The van der Waals surface area contributed by atoms with E-state index in [1.54, 1.807) is 18.2 Å². The third kappa shape index (κ3) is 4.85. The molecule has 0 amide bonds. The number of carboxylic acids is 1. The molecule has 4 rings (SSSR count). The van der Waals surface area contributed by atoms with Crippen LogP contribution in [0.15, 0.2) is 36.4 Å². The summed E-state index contributed by atoms with van der Waals surface area (Å²) in [4.78, 5) is 10.5. The van der Waals surface area contributed by atoms with Gasteiger partial charge in [0.2, 0.25) is 0 Å². The van der Waals surface area contributed by atoms with E-state index in [1.165, 1.54) is 19.2 Å². The Morgan fingerprint density at radius 3 is 2.79 bits per heavy atom. The molecule has 1 heterocycles. The average Bonchev–Trinajstić information content (AvgIpc) is 3.28. The Labute approximate surface area is 167 Å². The van der Waals surface area contributed by atoms with Crippen LogP contribution in [0.2, 0.25) is 0 Å². The van der Waals surface area contributed by atoms with Gasteiger partial charge in [0.15, 0.2) is 0 Å². The van der Waals surface area contributed by atoms with Crippen molar-refractivity contribution in [3.63, 3.8) is 0 Å². The van der Waals surface area contributed by atoms with Crippen molar-refractivity contribution >= 4 is 5.97 Å². The second kappa shape index (κ2) is 8.78. The number of benzene rings is 2. The van der Waals surface area contributed by atoms with Gasteiger partial charge in [0, 0.05) is 30.2 Å². The summed E-state index contributed by atoms with van der Waals surface area (Å²) in [5.41, 5.74) is 2.92. The number of alkyl halides is 2. The van der Waals surface area contributed by atoms with E-state index in [0.29, 0.717) is 12.4 Å². The molecule has 29 heavy (non-hydrogen) atoms. The van der Waals surface area contributed by atoms with Crippen LogP contribution < -0.4 is 4.74 Å². The van der Waals surface area contributed by atoms with E-state index in [4.69, 9.17) is 14.9 Å². The van der Waals surface area contributed by atoms with E-state index in [0.717, 1.165) is 36.0 Å². The molecular formula is C22H24F2O5. The highest BCUT2D eigenvalue weighted by molar-refractivity contribution is 5.68. The number of phenols is 1. The molecule has 156 valence electrons. The van der Waals surface area contributed by atoms with Crippen LogP contribution in [0.5, 0.6) is 11.5 Å². The van der Waals surface area contributed by atoms with Crippen LogP contribution in [0.1, 0.15) is 41.0 Å². The van der Waals surface area contributed by atoms with Gasteiger partial charge in [-0.3, -0.25) is 4.79 Å². The van der Waals surface area contributed by atoms with Gasteiger partial charge >= 0.3 is 5.97 Å². The van der Waals surface area contributed by atoms with Crippen molar-refractivity contribution in [2.24, 2.45) is 0 Å². The molecule has 0 fully saturated rings. The summed E-state index contributed by atoms with van der Waals surface area (Å²) in [5.74, 6) is -3.05. The molecule has 2 aliphatic rings. The molecule has 1 atom stereocenters. The standard InChI is InChI=1S/C12H14F2O.C10H10O4/c1-15-8-12(13,14)11-7-3-5-9-4-2-6-10(9)11;11-7-1-2-8-6(3-10(12)13)5-14-9(8)4-7/h3,5,7H,2,4,6,8H2,1H3;1-2,4,6,11H,3,5H2,(H,12,13). The van der Waals surface area contributed by atoms with Gasteiger partial charge in [-0.1, -0.05) is 24.3 Å². The molecular weight excluding hydrogens is 382 g/mol. The monoisotopic (exact) mass is 406 g/mol. The largest absolute Gasteiger partial charge is 0.508 e. The molecule has 1 unspecified atom stereocenters. The number of aryl methyl sites for hydroxylation is 1. The number of hydrogen-bond donors (Lipinski definition) is 2. The zero-order valence-electron chi connectivity index (χ0n) is 16.2. The lowest BCUT2D eigenvalue weighted by molar-refractivity contribution is -0.137. The summed E-state index contributed by atoms with van der Waals surface area (Å²) in [5, 5.41) is 17.8. The molecule has 2 aromatic rings. The zero-order valence-corrected chi connectivity index (χ0v) is 16.2. The van der Waals surface area contributed by atoms with Gasteiger partial charge < -0.3 is 19.7 Å². The number of halogens is 2.